The number of amides is 1. The van der Waals surface area contributed by atoms with Gasteiger partial charge in [-0.3, -0.25) is 4.79 Å². The van der Waals surface area contributed by atoms with Crippen molar-refractivity contribution in [3.63, 3.8) is 0 Å². The number of hydrogen-bond acceptors (Lipinski definition) is 4. The Kier molecular flexibility index (Phi) is 3.39. The molecule has 0 aliphatic carbocycles. The quantitative estimate of drug-likeness (QED) is 0.858. The van der Waals surface area contributed by atoms with Crippen molar-refractivity contribution in [2.75, 3.05) is 11.1 Å². The molecule has 1 aromatic heterocycles. The second kappa shape index (κ2) is 5.14. The summed E-state index contributed by atoms with van der Waals surface area (Å²) in [6, 6.07) is 8.66. The molecule has 0 saturated carbocycles. The SMILES string of the molecule is N#Cc1c(F)cccc1NC(=O)c1ccc(N)cn1. The fourth-order valence-corrected chi connectivity index (χ4v) is 1.47. The number of anilines is 2. The minimum Gasteiger partial charge on any atom is -0.397 e. The van der Waals surface area contributed by atoms with Crippen LogP contribution in [0.2, 0.25) is 0 Å². The summed E-state index contributed by atoms with van der Waals surface area (Å²) in [5.74, 6) is -1.23. The van der Waals surface area contributed by atoms with Crippen LogP contribution in [0.25, 0.3) is 0 Å². The molecule has 5 nitrogen and oxygen atoms in total. The van der Waals surface area contributed by atoms with Crippen molar-refractivity contribution in [3.05, 3.63) is 53.6 Å². The largest absolute Gasteiger partial charge is 0.397 e. The number of rotatable bonds is 2. The van der Waals surface area contributed by atoms with E-state index in [9.17, 15) is 9.18 Å². The predicted molar refractivity (Wildman–Crippen MR) is 67.7 cm³/mol. The summed E-state index contributed by atoms with van der Waals surface area (Å²) in [5, 5.41) is 11.3. The maximum absolute atomic E-state index is 13.4. The van der Waals surface area contributed by atoms with E-state index in [4.69, 9.17) is 11.0 Å². The fourth-order valence-electron chi connectivity index (χ4n) is 1.47. The number of carbonyl (C=O) groups is 1. The Morgan fingerprint density at radius 1 is 1.37 bits per heavy atom. The number of aromatic nitrogens is 1. The van der Waals surface area contributed by atoms with Crippen molar-refractivity contribution in [2.24, 2.45) is 0 Å². The van der Waals surface area contributed by atoms with Gasteiger partial charge in [0.1, 0.15) is 23.1 Å². The van der Waals surface area contributed by atoms with E-state index in [1.54, 1.807) is 6.07 Å². The predicted octanol–water partition coefficient (Wildman–Crippen LogP) is 1.93. The first kappa shape index (κ1) is 12.5. The third kappa shape index (κ3) is 2.66. The van der Waals surface area contributed by atoms with Crippen molar-refractivity contribution >= 4 is 17.3 Å². The van der Waals surface area contributed by atoms with Crippen LogP contribution >= 0.6 is 0 Å². The molecule has 0 radical (unpaired) electrons. The van der Waals surface area contributed by atoms with E-state index in [1.165, 1.54) is 30.5 Å². The molecular weight excluding hydrogens is 247 g/mol. The van der Waals surface area contributed by atoms with Crippen molar-refractivity contribution in [3.8, 4) is 6.07 Å². The number of nitriles is 1. The molecule has 1 aromatic carbocycles. The number of nitrogens with two attached hydrogens (primary N) is 1. The molecule has 0 aliphatic rings. The van der Waals surface area contributed by atoms with Gasteiger partial charge in [0.15, 0.2) is 0 Å². The number of hydrogen-bond donors (Lipinski definition) is 2. The first-order chi connectivity index (χ1) is 9.11. The highest BCUT2D eigenvalue weighted by molar-refractivity contribution is 6.03. The molecule has 0 spiro atoms. The number of pyridine rings is 1. The molecule has 0 unspecified atom stereocenters. The Hall–Kier alpha value is -2.94. The summed E-state index contributed by atoms with van der Waals surface area (Å²) in [4.78, 5) is 15.7. The first-order valence-corrected chi connectivity index (χ1v) is 5.33. The molecule has 1 heterocycles. The molecule has 2 aromatic rings. The zero-order chi connectivity index (χ0) is 13.8. The van der Waals surface area contributed by atoms with E-state index in [2.05, 4.69) is 10.3 Å². The minimum atomic E-state index is -0.689. The second-order valence-corrected chi connectivity index (χ2v) is 3.71. The van der Waals surface area contributed by atoms with Gasteiger partial charge in [-0.15, -0.1) is 0 Å². The van der Waals surface area contributed by atoms with Crippen LogP contribution < -0.4 is 11.1 Å². The molecule has 0 atom stereocenters. The molecule has 0 fully saturated rings. The van der Waals surface area contributed by atoms with Crippen molar-refractivity contribution in [1.29, 1.82) is 5.26 Å². The van der Waals surface area contributed by atoms with Gasteiger partial charge in [0.05, 0.1) is 17.6 Å². The van der Waals surface area contributed by atoms with Gasteiger partial charge in [-0.2, -0.15) is 5.26 Å². The average Bonchev–Trinajstić information content (AvgIpc) is 2.39. The lowest BCUT2D eigenvalue weighted by Gasteiger charge is -2.07. The van der Waals surface area contributed by atoms with Gasteiger partial charge in [-0.05, 0) is 24.3 Å². The number of nitrogen functional groups attached to an aromatic ring is 1. The fraction of sp³-hybridized carbons (Fsp3) is 0. The molecular formula is C13H9FN4O. The molecule has 94 valence electrons. The van der Waals surface area contributed by atoms with E-state index in [0.717, 1.165) is 6.07 Å². The van der Waals surface area contributed by atoms with E-state index in [0.29, 0.717) is 5.69 Å². The van der Waals surface area contributed by atoms with Crippen LogP contribution in [0.5, 0.6) is 0 Å². The molecule has 1 amide bonds. The lowest BCUT2D eigenvalue weighted by molar-refractivity contribution is 0.102. The highest BCUT2D eigenvalue weighted by atomic mass is 19.1. The Morgan fingerprint density at radius 2 is 2.16 bits per heavy atom. The lowest BCUT2D eigenvalue weighted by Crippen LogP contribution is -2.14. The normalized spacial score (nSPS) is 9.68. The molecule has 3 N–H and O–H groups in total. The van der Waals surface area contributed by atoms with E-state index in [1.807, 2.05) is 0 Å². The monoisotopic (exact) mass is 256 g/mol. The number of benzene rings is 1. The Morgan fingerprint density at radius 3 is 2.79 bits per heavy atom. The Labute approximate surface area is 108 Å². The highest BCUT2D eigenvalue weighted by Gasteiger charge is 2.12. The van der Waals surface area contributed by atoms with Crippen LogP contribution in [0.15, 0.2) is 36.5 Å². The van der Waals surface area contributed by atoms with E-state index in [-0.39, 0.29) is 16.9 Å². The van der Waals surface area contributed by atoms with Crippen LogP contribution in [0.1, 0.15) is 16.1 Å². The maximum Gasteiger partial charge on any atom is 0.274 e. The van der Waals surface area contributed by atoms with E-state index >= 15 is 0 Å². The molecule has 0 saturated heterocycles. The molecule has 0 aliphatic heterocycles. The van der Waals surface area contributed by atoms with Crippen LogP contribution in [0, 0.1) is 17.1 Å². The summed E-state index contributed by atoms with van der Waals surface area (Å²) in [6.07, 6.45) is 1.34. The van der Waals surface area contributed by atoms with Gasteiger partial charge in [-0.1, -0.05) is 6.07 Å². The second-order valence-electron chi connectivity index (χ2n) is 3.71. The molecule has 6 heteroatoms. The van der Waals surface area contributed by atoms with Gasteiger partial charge in [0.2, 0.25) is 0 Å². The maximum atomic E-state index is 13.4. The average molecular weight is 256 g/mol. The first-order valence-electron chi connectivity index (χ1n) is 5.33. The third-order valence-corrected chi connectivity index (χ3v) is 2.39. The van der Waals surface area contributed by atoms with Crippen LogP contribution in [0.4, 0.5) is 15.8 Å². The van der Waals surface area contributed by atoms with E-state index < -0.39 is 11.7 Å². The molecule has 19 heavy (non-hydrogen) atoms. The minimum absolute atomic E-state index is 0.103. The standard InChI is InChI=1S/C13H9FN4O/c14-10-2-1-3-11(9(10)6-15)18-13(19)12-5-4-8(16)7-17-12/h1-5,7H,16H2,(H,18,19). The zero-order valence-electron chi connectivity index (χ0n) is 9.72. The Bertz CT molecular complexity index is 661. The number of carbonyl (C=O) groups excluding carboxylic acids is 1. The van der Waals surface area contributed by atoms with Crippen LogP contribution in [-0.4, -0.2) is 10.9 Å². The van der Waals surface area contributed by atoms with Gasteiger partial charge in [0.25, 0.3) is 5.91 Å². The Balaban J connectivity index is 2.27. The van der Waals surface area contributed by atoms with Crippen LogP contribution in [-0.2, 0) is 0 Å². The summed E-state index contributed by atoms with van der Waals surface area (Å²) >= 11 is 0. The van der Waals surface area contributed by atoms with Gasteiger partial charge in [0, 0.05) is 0 Å². The third-order valence-electron chi connectivity index (χ3n) is 2.39. The summed E-state index contributed by atoms with van der Waals surface area (Å²) < 4.78 is 13.4. The highest BCUT2D eigenvalue weighted by Crippen LogP contribution is 2.18. The molecule has 0 bridgehead atoms. The van der Waals surface area contributed by atoms with Crippen molar-refractivity contribution in [2.45, 2.75) is 0 Å². The summed E-state index contributed by atoms with van der Waals surface area (Å²) in [5.41, 5.74) is 5.90. The number of nitrogens with zero attached hydrogens (tertiary/aromatic N) is 2. The summed E-state index contributed by atoms with van der Waals surface area (Å²) in [7, 11) is 0. The zero-order valence-corrected chi connectivity index (χ0v) is 9.72. The summed E-state index contributed by atoms with van der Waals surface area (Å²) in [6.45, 7) is 0. The molecule has 2 rings (SSSR count). The van der Waals surface area contributed by atoms with Gasteiger partial charge >= 0.3 is 0 Å². The van der Waals surface area contributed by atoms with Gasteiger partial charge < -0.3 is 11.1 Å². The topological polar surface area (TPSA) is 91.8 Å². The van der Waals surface area contributed by atoms with Crippen molar-refractivity contribution in [1.82, 2.24) is 4.98 Å². The van der Waals surface area contributed by atoms with Crippen molar-refractivity contribution < 1.29 is 9.18 Å². The smallest absolute Gasteiger partial charge is 0.274 e. The number of nitrogens with one attached hydrogen (secondary N) is 1. The van der Waals surface area contributed by atoms with Crippen LogP contribution in [0.3, 0.4) is 0 Å². The lowest BCUT2D eigenvalue weighted by atomic mass is 10.2. The van der Waals surface area contributed by atoms with Gasteiger partial charge in [-0.25, -0.2) is 9.37 Å². The number of halogens is 1.